The number of carbonyl (C=O) groups is 2. The Hall–Kier alpha value is -4.01. The van der Waals surface area contributed by atoms with E-state index in [1.165, 1.54) is 37.5 Å². The number of ether oxygens (including phenoxy) is 1. The molecule has 9 heteroatoms. The lowest BCUT2D eigenvalue weighted by Gasteiger charge is -2.23. The summed E-state index contributed by atoms with van der Waals surface area (Å²) in [5.74, 6) is 0.0188. The van der Waals surface area contributed by atoms with Crippen LogP contribution < -0.4 is 15.4 Å². The van der Waals surface area contributed by atoms with Gasteiger partial charge in [-0.3, -0.25) is 9.59 Å². The van der Waals surface area contributed by atoms with E-state index < -0.39 is 23.6 Å². The topological polar surface area (TPSA) is 80.6 Å². The van der Waals surface area contributed by atoms with E-state index in [0.717, 1.165) is 44.2 Å². The molecule has 2 aromatic carbocycles. The van der Waals surface area contributed by atoms with Gasteiger partial charge in [0.1, 0.15) is 23.0 Å². The lowest BCUT2D eigenvalue weighted by atomic mass is 9.95. The summed E-state index contributed by atoms with van der Waals surface area (Å²) < 4.78 is 50.2. The standard InChI is InChI=1S/C28H27F3N2O4/c1-36-22-12-10-18(11-13-22)26(34)33-24(27(35)32-21-8-3-2-4-9-21)17-23-14-15-25(37-23)19-6-5-7-20(16-19)28(29,30)31/h5-7,10-17,21H,2-4,8-9H2,1H3,(H,32,35)(H,33,34). The highest BCUT2D eigenvalue weighted by Gasteiger charge is 2.30. The third kappa shape index (κ3) is 6.81. The minimum absolute atomic E-state index is 0.000177. The summed E-state index contributed by atoms with van der Waals surface area (Å²) in [7, 11) is 1.52. The van der Waals surface area contributed by atoms with Crippen molar-refractivity contribution in [3.8, 4) is 17.1 Å². The van der Waals surface area contributed by atoms with Gasteiger partial charge >= 0.3 is 6.18 Å². The van der Waals surface area contributed by atoms with Gasteiger partial charge in [0.2, 0.25) is 0 Å². The third-order valence-corrected chi connectivity index (χ3v) is 6.17. The molecule has 0 spiro atoms. The molecule has 1 fully saturated rings. The van der Waals surface area contributed by atoms with E-state index in [4.69, 9.17) is 9.15 Å². The summed E-state index contributed by atoms with van der Waals surface area (Å²) in [6.07, 6.45) is 1.74. The summed E-state index contributed by atoms with van der Waals surface area (Å²) in [5.41, 5.74) is -0.264. The van der Waals surface area contributed by atoms with Crippen LogP contribution in [0.1, 0.15) is 53.8 Å². The molecule has 194 valence electrons. The highest BCUT2D eigenvalue weighted by Crippen LogP contribution is 2.33. The average molecular weight is 513 g/mol. The van der Waals surface area contributed by atoms with Crippen molar-refractivity contribution in [2.45, 2.75) is 44.3 Å². The number of hydrogen-bond donors (Lipinski definition) is 2. The maximum atomic E-state index is 13.1. The monoisotopic (exact) mass is 512 g/mol. The van der Waals surface area contributed by atoms with Gasteiger partial charge in [-0.25, -0.2) is 0 Å². The Bertz CT molecular complexity index is 1270. The number of alkyl halides is 3. The fourth-order valence-corrected chi connectivity index (χ4v) is 4.18. The fraction of sp³-hybridized carbons (Fsp3) is 0.286. The molecule has 0 bridgehead atoms. The maximum absolute atomic E-state index is 13.1. The number of amides is 2. The van der Waals surface area contributed by atoms with Crippen molar-refractivity contribution in [1.29, 1.82) is 0 Å². The van der Waals surface area contributed by atoms with Crippen LogP contribution in [0.4, 0.5) is 13.2 Å². The van der Waals surface area contributed by atoms with Crippen LogP contribution in [0.2, 0.25) is 0 Å². The van der Waals surface area contributed by atoms with Gasteiger partial charge in [-0.1, -0.05) is 31.4 Å². The normalized spacial score (nSPS) is 14.8. The van der Waals surface area contributed by atoms with Crippen LogP contribution in [0, 0.1) is 0 Å². The Morgan fingerprint density at radius 1 is 1.00 bits per heavy atom. The molecule has 0 aliphatic heterocycles. The number of halogens is 3. The van der Waals surface area contributed by atoms with Gasteiger partial charge in [-0.2, -0.15) is 13.2 Å². The van der Waals surface area contributed by atoms with Gasteiger partial charge in [-0.15, -0.1) is 0 Å². The highest BCUT2D eigenvalue weighted by atomic mass is 19.4. The number of benzene rings is 2. The van der Waals surface area contributed by atoms with Gasteiger partial charge in [-0.05, 0) is 61.4 Å². The van der Waals surface area contributed by atoms with Gasteiger partial charge in [0.05, 0.1) is 12.7 Å². The van der Waals surface area contributed by atoms with Crippen molar-refractivity contribution < 1.29 is 31.9 Å². The molecule has 1 saturated carbocycles. The van der Waals surface area contributed by atoms with Crippen LogP contribution in [0.5, 0.6) is 5.75 Å². The molecule has 37 heavy (non-hydrogen) atoms. The molecule has 1 aliphatic rings. The molecular weight excluding hydrogens is 485 g/mol. The van der Waals surface area contributed by atoms with Crippen molar-refractivity contribution >= 4 is 17.9 Å². The van der Waals surface area contributed by atoms with Crippen LogP contribution >= 0.6 is 0 Å². The zero-order valence-corrected chi connectivity index (χ0v) is 20.2. The van der Waals surface area contributed by atoms with Crippen LogP contribution in [0.25, 0.3) is 17.4 Å². The predicted octanol–water partition coefficient (Wildman–Crippen LogP) is 6.19. The van der Waals surface area contributed by atoms with Crippen molar-refractivity contribution in [3.05, 3.63) is 83.2 Å². The molecule has 0 radical (unpaired) electrons. The van der Waals surface area contributed by atoms with E-state index in [-0.39, 0.29) is 28.8 Å². The number of methoxy groups -OCH3 is 1. The highest BCUT2D eigenvalue weighted by molar-refractivity contribution is 6.05. The number of carbonyl (C=O) groups excluding carboxylic acids is 2. The second kappa shape index (κ2) is 11.4. The number of rotatable bonds is 7. The molecular formula is C28H27F3N2O4. The van der Waals surface area contributed by atoms with Crippen molar-refractivity contribution in [2.75, 3.05) is 7.11 Å². The van der Waals surface area contributed by atoms with E-state index in [1.807, 2.05) is 0 Å². The first kappa shape index (κ1) is 26.1. The number of furan rings is 1. The zero-order valence-electron chi connectivity index (χ0n) is 20.2. The summed E-state index contributed by atoms with van der Waals surface area (Å²) in [6.45, 7) is 0. The molecule has 3 aromatic rings. The molecule has 0 atom stereocenters. The minimum Gasteiger partial charge on any atom is -0.497 e. The first-order valence-corrected chi connectivity index (χ1v) is 12.0. The molecule has 4 rings (SSSR count). The van der Waals surface area contributed by atoms with E-state index in [1.54, 1.807) is 24.3 Å². The summed E-state index contributed by atoms with van der Waals surface area (Å²) in [6, 6.07) is 14.2. The van der Waals surface area contributed by atoms with Crippen LogP contribution in [-0.4, -0.2) is 25.0 Å². The Balaban J connectivity index is 1.59. The van der Waals surface area contributed by atoms with Crippen LogP contribution in [-0.2, 0) is 11.0 Å². The molecule has 0 unspecified atom stereocenters. The van der Waals surface area contributed by atoms with Crippen LogP contribution in [0.3, 0.4) is 0 Å². The van der Waals surface area contributed by atoms with Gasteiger partial charge in [0, 0.05) is 23.2 Å². The second-order valence-corrected chi connectivity index (χ2v) is 8.83. The molecule has 2 N–H and O–H groups in total. The predicted molar refractivity (Wildman–Crippen MR) is 133 cm³/mol. The lowest BCUT2D eigenvalue weighted by molar-refractivity contribution is -0.137. The Kier molecular flexibility index (Phi) is 8.01. The number of nitrogens with one attached hydrogen (secondary N) is 2. The Labute approximate surface area is 212 Å². The first-order chi connectivity index (χ1) is 17.7. The van der Waals surface area contributed by atoms with Crippen molar-refractivity contribution in [3.63, 3.8) is 0 Å². The molecule has 6 nitrogen and oxygen atoms in total. The fourth-order valence-electron chi connectivity index (χ4n) is 4.18. The minimum atomic E-state index is -4.48. The summed E-state index contributed by atoms with van der Waals surface area (Å²) in [4.78, 5) is 26.0. The molecule has 1 aliphatic carbocycles. The number of hydrogen-bond acceptors (Lipinski definition) is 4. The average Bonchev–Trinajstić information content (AvgIpc) is 3.37. The van der Waals surface area contributed by atoms with Gasteiger partial charge in [0.15, 0.2) is 0 Å². The third-order valence-electron chi connectivity index (χ3n) is 6.17. The van der Waals surface area contributed by atoms with Crippen molar-refractivity contribution in [2.24, 2.45) is 0 Å². The zero-order chi connectivity index (χ0) is 26.4. The SMILES string of the molecule is COc1ccc(C(=O)NC(=Cc2ccc(-c3cccc(C(F)(F)F)c3)o2)C(=O)NC2CCCCC2)cc1. The second-order valence-electron chi connectivity index (χ2n) is 8.83. The van der Waals surface area contributed by atoms with Crippen molar-refractivity contribution in [1.82, 2.24) is 10.6 Å². The Morgan fingerprint density at radius 3 is 2.41 bits per heavy atom. The molecule has 0 saturated heterocycles. The first-order valence-electron chi connectivity index (χ1n) is 12.0. The maximum Gasteiger partial charge on any atom is 0.416 e. The van der Waals surface area contributed by atoms with Crippen LogP contribution in [0.15, 0.2) is 70.8 Å². The molecule has 2 amide bonds. The van der Waals surface area contributed by atoms with Gasteiger partial charge < -0.3 is 19.8 Å². The van der Waals surface area contributed by atoms with E-state index in [0.29, 0.717) is 11.3 Å². The van der Waals surface area contributed by atoms with Gasteiger partial charge in [0.25, 0.3) is 11.8 Å². The smallest absolute Gasteiger partial charge is 0.416 e. The quantitative estimate of drug-likeness (QED) is 0.370. The van der Waals surface area contributed by atoms with E-state index >= 15 is 0 Å². The molecule has 1 aromatic heterocycles. The lowest BCUT2D eigenvalue weighted by Crippen LogP contribution is -2.41. The summed E-state index contributed by atoms with van der Waals surface area (Å²) >= 11 is 0. The van der Waals surface area contributed by atoms with E-state index in [9.17, 15) is 22.8 Å². The molecule has 1 heterocycles. The van der Waals surface area contributed by atoms with E-state index in [2.05, 4.69) is 10.6 Å². The largest absolute Gasteiger partial charge is 0.497 e. The summed E-state index contributed by atoms with van der Waals surface area (Å²) in [5, 5.41) is 5.62. The Morgan fingerprint density at radius 2 is 1.73 bits per heavy atom.